The Kier molecular flexibility index (Phi) is 5.31. The maximum absolute atomic E-state index is 6.23. The highest BCUT2D eigenvalue weighted by Gasteiger charge is 2.45. The molecule has 0 bridgehead atoms. The lowest BCUT2D eigenvalue weighted by molar-refractivity contribution is -0.108. The van der Waals surface area contributed by atoms with Gasteiger partial charge >= 0.3 is 0 Å². The van der Waals surface area contributed by atoms with E-state index in [4.69, 9.17) is 22.2 Å². The molecule has 4 heteroatoms. The van der Waals surface area contributed by atoms with Gasteiger partial charge in [0.25, 0.3) is 0 Å². The maximum Gasteiger partial charge on any atom is 0.0889 e. The highest BCUT2D eigenvalue weighted by atomic mass is 35.5. The maximum atomic E-state index is 6.23. The molecule has 1 aliphatic rings. The van der Waals surface area contributed by atoms with Gasteiger partial charge in [0.15, 0.2) is 0 Å². The number of hydrogen-bond acceptors (Lipinski definition) is 3. The van der Waals surface area contributed by atoms with Gasteiger partial charge in [0.05, 0.1) is 11.6 Å². The molecular formula is C17H27ClN2O. The summed E-state index contributed by atoms with van der Waals surface area (Å²) >= 11 is 6.00. The summed E-state index contributed by atoms with van der Waals surface area (Å²) in [7, 11) is 0. The summed E-state index contributed by atoms with van der Waals surface area (Å²) in [6.45, 7) is 7.41. The number of nitrogens with two attached hydrogens (primary N) is 1. The zero-order valence-electron chi connectivity index (χ0n) is 13.3. The standard InChI is InChI=1S/C17H27ClN2O/c1-4-21-17(11-9-16(2,3)10-12-17)15(20-19)13-5-7-14(18)8-6-13/h5-8,15,20H,4,9-12,19H2,1-3H3. The van der Waals surface area contributed by atoms with Crippen LogP contribution in [-0.4, -0.2) is 12.2 Å². The molecule has 0 spiro atoms. The van der Waals surface area contributed by atoms with Crippen molar-refractivity contribution in [1.82, 2.24) is 5.43 Å². The number of rotatable bonds is 5. The Labute approximate surface area is 133 Å². The van der Waals surface area contributed by atoms with E-state index in [9.17, 15) is 0 Å². The number of hydrazine groups is 1. The molecular weight excluding hydrogens is 284 g/mol. The normalized spacial score (nSPS) is 22.0. The molecule has 1 fully saturated rings. The quantitative estimate of drug-likeness (QED) is 0.632. The first-order valence-electron chi connectivity index (χ1n) is 7.78. The van der Waals surface area contributed by atoms with Crippen molar-refractivity contribution in [1.29, 1.82) is 0 Å². The van der Waals surface area contributed by atoms with Gasteiger partial charge in [-0.25, -0.2) is 0 Å². The van der Waals surface area contributed by atoms with Gasteiger partial charge < -0.3 is 4.74 Å². The van der Waals surface area contributed by atoms with Crippen LogP contribution < -0.4 is 11.3 Å². The first kappa shape index (κ1) is 16.8. The average Bonchev–Trinajstić information content (AvgIpc) is 2.45. The second-order valence-corrected chi connectivity index (χ2v) is 7.25. The fraction of sp³-hybridized carbons (Fsp3) is 0.647. The molecule has 1 unspecified atom stereocenters. The molecule has 0 saturated heterocycles. The van der Waals surface area contributed by atoms with Crippen molar-refractivity contribution in [2.45, 2.75) is 58.1 Å². The molecule has 118 valence electrons. The van der Waals surface area contributed by atoms with E-state index in [2.05, 4.69) is 26.2 Å². The van der Waals surface area contributed by atoms with Crippen molar-refractivity contribution in [3.8, 4) is 0 Å². The summed E-state index contributed by atoms with van der Waals surface area (Å²) in [4.78, 5) is 0. The lowest BCUT2D eigenvalue weighted by Crippen LogP contribution is -2.51. The Bertz CT molecular complexity index is 448. The third kappa shape index (κ3) is 3.78. The zero-order chi connectivity index (χ0) is 15.5. The Morgan fingerprint density at radius 3 is 2.24 bits per heavy atom. The van der Waals surface area contributed by atoms with E-state index in [1.807, 2.05) is 24.3 Å². The van der Waals surface area contributed by atoms with Crippen LogP contribution in [0.4, 0.5) is 0 Å². The zero-order valence-corrected chi connectivity index (χ0v) is 14.0. The molecule has 1 aliphatic carbocycles. The third-order valence-corrected chi connectivity index (χ3v) is 5.03. The molecule has 0 aromatic heterocycles. The number of benzene rings is 1. The minimum Gasteiger partial charge on any atom is -0.373 e. The largest absolute Gasteiger partial charge is 0.373 e. The van der Waals surface area contributed by atoms with Crippen molar-refractivity contribution in [3.05, 3.63) is 34.9 Å². The molecule has 2 rings (SSSR count). The van der Waals surface area contributed by atoms with Crippen LogP contribution in [0.2, 0.25) is 5.02 Å². The van der Waals surface area contributed by atoms with Crippen molar-refractivity contribution in [3.63, 3.8) is 0 Å². The van der Waals surface area contributed by atoms with E-state index in [1.165, 1.54) is 0 Å². The van der Waals surface area contributed by atoms with Crippen LogP contribution in [0.15, 0.2) is 24.3 Å². The van der Waals surface area contributed by atoms with Crippen LogP contribution in [-0.2, 0) is 4.74 Å². The van der Waals surface area contributed by atoms with Crippen molar-refractivity contribution >= 4 is 11.6 Å². The van der Waals surface area contributed by atoms with Gasteiger partial charge in [-0.05, 0) is 55.7 Å². The third-order valence-electron chi connectivity index (χ3n) is 4.78. The molecule has 1 atom stereocenters. The van der Waals surface area contributed by atoms with Gasteiger partial charge in [-0.3, -0.25) is 11.3 Å². The molecule has 3 N–H and O–H groups in total. The molecule has 3 nitrogen and oxygen atoms in total. The van der Waals surface area contributed by atoms with Crippen LogP contribution in [0.3, 0.4) is 0 Å². The number of hydrogen-bond donors (Lipinski definition) is 2. The summed E-state index contributed by atoms with van der Waals surface area (Å²) in [5, 5.41) is 0.741. The fourth-order valence-electron chi connectivity index (χ4n) is 3.36. The van der Waals surface area contributed by atoms with Crippen molar-refractivity contribution in [2.24, 2.45) is 11.3 Å². The lowest BCUT2D eigenvalue weighted by atomic mass is 9.67. The van der Waals surface area contributed by atoms with Crippen LogP contribution in [0, 0.1) is 5.41 Å². The first-order valence-corrected chi connectivity index (χ1v) is 8.16. The van der Waals surface area contributed by atoms with Crippen molar-refractivity contribution in [2.75, 3.05) is 6.61 Å². The molecule has 21 heavy (non-hydrogen) atoms. The van der Waals surface area contributed by atoms with Gasteiger partial charge in [0, 0.05) is 11.6 Å². The number of ether oxygens (including phenoxy) is 1. The predicted octanol–water partition coefficient (Wildman–Crippen LogP) is 4.22. The van der Waals surface area contributed by atoms with E-state index < -0.39 is 0 Å². The second-order valence-electron chi connectivity index (χ2n) is 6.81. The molecule has 0 heterocycles. The Balaban J connectivity index is 2.28. The van der Waals surface area contributed by atoms with E-state index >= 15 is 0 Å². The van der Waals surface area contributed by atoms with Gasteiger partial charge in [0.1, 0.15) is 0 Å². The second kappa shape index (κ2) is 6.66. The number of halogens is 1. The highest BCUT2D eigenvalue weighted by molar-refractivity contribution is 6.30. The van der Waals surface area contributed by atoms with Crippen molar-refractivity contribution < 1.29 is 4.74 Å². The Morgan fingerprint density at radius 1 is 1.19 bits per heavy atom. The van der Waals surface area contributed by atoms with Gasteiger partial charge in [-0.1, -0.05) is 37.6 Å². The van der Waals surface area contributed by atoms with Crippen LogP contribution >= 0.6 is 11.6 Å². The number of nitrogens with one attached hydrogen (secondary N) is 1. The Morgan fingerprint density at radius 2 is 1.76 bits per heavy atom. The Hall–Kier alpha value is -0.610. The highest BCUT2D eigenvalue weighted by Crippen LogP contribution is 2.47. The summed E-state index contributed by atoms with van der Waals surface area (Å²) in [6.07, 6.45) is 4.34. The van der Waals surface area contributed by atoms with Crippen LogP contribution in [0.5, 0.6) is 0 Å². The van der Waals surface area contributed by atoms with Crippen LogP contribution in [0.1, 0.15) is 58.1 Å². The lowest BCUT2D eigenvalue weighted by Gasteiger charge is -2.47. The van der Waals surface area contributed by atoms with Crippen LogP contribution in [0.25, 0.3) is 0 Å². The molecule has 1 aromatic rings. The fourth-order valence-corrected chi connectivity index (χ4v) is 3.49. The summed E-state index contributed by atoms with van der Waals surface area (Å²) in [5.74, 6) is 5.89. The SMILES string of the molecule is CCOC1(C(NN)c2ccc(Cl)cc2)CCC(C)(C)CC1. The van der Waals surface area contributed by atoms with E-state index in [1.54, 1.807) is 0 Å². The molecule has 0 amide bonds. The predicted molar refractivity (Wildman–Crippen MR) is 88.1 cm³/mol. The summed E-state index contributed by atoms with van der Waals surface area (Å²) in [5.41, 5.74) is 4.29. The minimum absolute atomic E-state index is 0.00850. The average molecular weight is 311 g/mol. The summed E-state index contributed by atoms with van der Waals surface area (Å²) in [6, 6.07) is 7.88. The van der Waals surface area contributed by atoms with E-state index in [-0.39, 0.29) is 11.6 Å². The smallest absolute Gasteiger partial charge is 0.0889 e. The van der Waals surface area contributed by atoms with E-state index in [0.717, 1.165) is 36.3 Å². The van der Waals surface area contributed by atoms with Gasteiger partial charge in [-0.2, -0.15) is 0 Å². The van der Waals surface area contributed by atoms with Gasteiger partial charge in [-0.15, -0.1) is 0 Å². The monoisotopic (exact) mass is 310 g/mol. The van der Waals surface area contributed by atoms with E-state index in [0.29, 0.717) is 12.0 Å². The minimum atomic E-state index is -0.229. The molecule has 0 radical (unpaired) electrons. The molecule has 1 aromatic carbocycles. The molecule has 0 aliphatic heterocycles. The topological polar surface area (TPSA) is 47.3 Å². The first-order chi connectivity index (χ1) is 9.92. The van der Waals surface area contributed by atoms with Gasteiger partial charge in [0.2, 0.25) is 0 Å². The summed E-state index contributed by atoms with van der Waals surface area (Å²) < 4.78 is 6.23. The molecule has 1 saturated carbocycles.